The van der Waals surface area contributed by atoms with Crippen molar-refractivity contribution in [2.75, 3.05) is 18.5 Å². The van der Waals surface area contributed by atoms with Crippen LogP contribution in [0.1, 0.15) is 17.0 Å². The lowest BCUT2D eigenvalue weighted by atomic mass is 10.2. The van der Waals surface area contributed by atoms with Crippen molar-refractivity contribution >= 4 is 5.82 Å². The zero-order chi connectivity index (χ0) is 13.7. The molecule has 0 radical (unpaired) electrons. The zero-order valence-corrected chi connectivity index (χ0v) is 11.4. The van der Waals surface area contributed by atoms with Crippen molar-refractivity contribution in [1.29, 1.82) is 0 Å². The standard InChI is InChI=1S/C15H19N3O/c1-12-13(11-19)6-7-15(17-12)18(2)10-8-14-5-3-4-9-16-14/h3-7,9,19H,8,10-11H2,1-2H3. The molecule has 4 nitrogen and oxygen atoms in total. The van der Waals surface area contributed by atoms with Gasteiger partial charge in [-0.15, -0.1) is 0 Å². The van der Waals surface area contributed by atoms with Gasteiger partial charge in [-0.2, -0.15) is 0 Å². The largest absolute Gasteiger partial charge is 0.392 e. The van der Waals surface area contributed by atoms with E-state index in [0.717, 1.165) is 35.7 Å². The normalized spacial score (nSPS) is 10.5. The summed E-state index contributed by atoms with van der Waals surface area (Å²) >= 11 is 0. The van der Waals surface area contributed by atoms with Crippen LogP contribution in [0.5, 0.6) is 0 Å². The minimum atomic E-state index is 0.0385. The molecule has 0 unspecified atom stereocenters. The molecule has 0 bridgehead atoms. The van der Waals surface area contributed by atoms with E-state index in [1.807, 2.05) is 50.5 Å². The molecule has 0 amide bonds. The maximum Gasteiger partial charge on any atom is 0.128 e. The van der Waals surface area contributed by atoms with Gasteiger partial charge in [0, 0.05) is 37.6 Å². The Hall–Kier alpha value is -1.94. The summed E-state index contributed by atoms with van der Waals surface area (Å²) in [5.41, 5.74) is 2.84. The van der Waals surface area contributed by atoms with E-state index in [4.69, 9.17) is 5.11 Å². The number of aliphatic hydroxyl groups excluding tert-OH is 1. The van der Waals surface area contributed by atoms with Crippen molar-refractivity contribution in [3.05, 3.63) is 53.5 Å². The molecule has 2 aromatic rings. The average Bonchev–Trinajstić information content (AvgIpc) is 2.45. The highest BCUT2D eigenvalue weighted by molar-refractivity contribution is 5.40. The van der Waals surface area contributed by atoms with E-state index in [1.165, 1.54) is 0 Å². The topological polar surface area (TPSA) is 49.2 Å². The first-order valence-corrected chi connectivity index (χ1v) is 6.39. The average molecular weight is 257 g/mol. The highest BCUT2D eigenvalue weighted by Gasteiger charge is 2.06. The van der Waals surface area contributed by atoms with Gasteiger partial charge in [0.25, 0.3) is 0 Å². The summed E-state index contributed by atoms with van der Waals surface area (Å²) in [4.78, 5) is 10.9. The smallest absolute Gasteiger partial charge is 0.128 e. The Bertz CT molecular complexity index is 528. The minimum absolute atomic E-state index is 0.0385. The van der Waals surface area contributed by atoms with Gasteiger partial charge in [0.05, 0.1) is 6.61 Å². The van der Waals surface area contributed by atoms with Gasteiger partial charge >= 0.3 is 0 Å². The van der Waals surface area contributed by atoms with Crippen molar-refractivity contribution in [2.24, 2.45) is 0 Å². The SMILES string of the molecule is Cc1nc(N(C)CCc2ccccn2)ccc1CO. The molecule has 19 heavy (non-hydrogen) atoms. The first-order chi connectivity index (χ1) is 9.20. The number of aromatic nitrogens is 2. The molecule has 0 atom stereocenters. The van der Waals surface area contributed by atoms with E-state index < -0.39 is 0 Å². The van der Waals surface area contributed by atoms with Crippen molar-refractivity contribution in [3.63, 3.8) is 0 Å². The lowest BCUT2D eigenvalue weighted by Crippen LogP contribution is -2.22. The van der Waals surface area contributed by atoms with Gasteiger partial charge in [-0.25, -0.2) is 4.98 Å². The molecular weight excluding hydrogens is 238 g/mol. The van der Waals surface area contributed by atoms with E-state index in [2.05, 4.69) is 14.9 Å². The number of aryl methyl sites for hydroxylation is 1. The third kappa shape index (κ3) is 3.51. The molecule has 0 aliphatic rings. The lowest BCUT2D eigenvalue weighted by molar-refractivity contribution is 0.280. The van der Waals surface area contributed by atoms with Gasteiger partial charge in [-0.1, -0.05) is 12.1 Å². The molecule has 0 aliphatic heterocycles. The first-order valence-electron chi connectivity index (χ1n) is 6.39. The van der Waals surface area contributed by atoms with Gasteiger partial charge < -0.3 is 10.0 Å². The molecule has 4 heteroatoms. The first kappa shape index (κ1) is 13.5. The second kappa shape index (κ2) is 6.29. The molecule has 2 aromatic heterocycles. The van der Waals surface area contributed by atoms with E-state index in [-0.39, 0.29) is 6.61 Å². The molecule has 0 spiro atoms. The summed E-state index contributed by atoms with van der Waals surface area (Å²) in [5, 5.41) is 9.14. The molecule has 0 saturated heterocycles. The van der Waals surface area contributed by atoms with Crippen LogP contribution in [-0.4, -0.2) is 28.7 Å². The molecular formula is C15H19N3O. The number of likely N-dealkylation sites (N-methyl/N-ethyl adjacent to an activating group) is 1. The zero-order valence-electron chi connectivity index (χ0n) is 11.4. The molecule has 2 heterocycles. The molecule has 0 saturated carbocycles. The van der Waals surface area contributed by atoms with E-state index in [0.29, 0.717) is 0 Å². The third-order valence-corrected chi connectivity index (χ3v) is 3.17. The fraction of sp³-hybridized carbons (Fsp3) is 0.333. The Balaban J connectivity index is 2.00. The monoisotopic (exact) mass is 257 g/mol. The maximum atomic E-state index is 9.14. The quantitative estimate of drug-likeness (QED) is 0.889. The van der Waals surface area contributed by atoms with Crippen LogP contribution < -0.4 is 4.90 Å². The Kier molecular flexibility index (Phi) is 4.47. The van der Waals surface area contributed by atoms with Crippen molar-refractivity contribution < 1.29 is 5.11 Å². The van der Waals surface area contributed by atoms with Crippen LogP contribution in [0.3, 0.4) is 0 Å². The Morgan fingerprint density at radius 3 is 2.68 bits per heavy atom. The number of rotatable bonds is 5. The van der Waals surface area contributed by atoms with Gasteiger partial charge in [0.15, 0.2) is 0 Å². The van der Waals surface area contributed by atoms with Gasteiger partial charge in [0.2, 0.25) is 0 Å². The molecule has 0 aliphatic carbocycles. The summed E-state index contributed by atoms with van der Waals surface area (Å²) in [6, 6.07) is 9.82. The summed E-state index contributed by atoms with van der Waals surface area (Å²) in [5.74, 6) is 0.922. The predicted octanol–water partition coefficient (Wildman–Crippen LogP) is 1.96. The number of nitrogens with zero attached hydrogens (tertiary/aromatic N) is 3. The van der Waals surface area contributed by atoms with E-state index in [1.54, 1.807) is 0 Å². The Labute approximate surface area is 113 Å². The molecule has 1 N–H and O–H groups in total. The molecule has 0 aromatic carbocycles. The predicted molar refractivity (Wildman–Crippen MR) is 76.1 cm³/mol. The van der Waals surface area contributed by atoms with Crippen LogP contribution >= 0.6 is 0 Å². The second-order valence-corrected chi connectivity index (χ2v) is 4.56. The minimum Gasteiger partial charge on any atom is -0.392 e. The van der Waals surface area contributed by atoms with Gasteiger partial charge in [0.1, 0.15) is 5.82 Å². The summed E-state index contributed by atoms with van der Waals surface area (Å²) < 4.78 is 0. The molecule has 0 fully saturated rings. The van der Waals surface area contributed by atoms with Crippen LogP contribution in [0, 0.1) is 6.92 Å². The Morgan fingerprint density at radius 2 is 2.05 bits per heavy atom. The maximum absolute atomic E-state index is 9.14. The third-order valence-electron chi connectivity index (χ3n) is 3.17. The van der Waals surface area contributed by atoms with Crippen LogP contribution in [0.4, 0.5) is 5.82 Å². The number of pyridine rings is 2. The number of hydrogen-bond acceptors (Lipinski definition) is 4. The van der Waals surface area contributed by atoms with E-state index in [9.17, 15) is 0 Å². The second-order valence-electron chi connectivity index (χ2n) is 4.56. The lowest BCUT2D eigenvalue weighted by Gasteiger charge is -2.19. The Morgan fingerprint density at radius 1 is 1.21 bits per heavy atom. The summed E-state index contributed by atoms with van der Waals surface area (Å²) in [6.07, 6.45) is 2.70. The van der Waals surface area contributed by atoms with Gasteiger partial charge in [-0.05, 0) is 30.7 Å². The van der Waals surface area contributed by atoms with E-state index >= 15 is 0 Å². The fourth-order valence-corrected chi connectivity index (χ4v) is 1.90. The summed E-state index contributed by atoms with van der Waals surface area (Å²) in [7, 11) is 2.02. The van der Waals surface area contributed by atoms with Crippen LogP contribution in [0.25, 0.3) is 0 Å². The van der Waals surface area contributed by atoms with Gasteiger partial charge in [-0.3, -0.25) is 4.98 Å². The highest BCUT2D eigenvalue weighted by atomic mass is 16.3. The number of aliphatic hydroxyl groups is 1. The molecule has 100 valence electrons. The van der Waals surface area contributed by atoms with Crippen LogP contribution in [0.15, 0.2) is 36.5 Å². The number of hydrogen-bond donors (Lipinski definition) is 1. The van der Waals surface area contributed by atoms with Crippen molar-refractivity contribution in [3.8, 4) is 0 Å². The highest BCUT2D eigenvalue weighted by Crippen LogP contribution is 2.14. The van der Waals surface area contributed by atoms with Crippen LogP contribution in [-0.2, 0) is 13.0 Å². The van der Waals surface area contributed by atoms with Crippen LogP contribution in [0.2, 0.25) is 0 Å². The van der Waals surface area contributed by atoms with Crippen molar-refractivity contribution in [1.82, 2.24) is 9.97 Å². The number of anilines is 1. The summed E-state index contributed by atoms with van der Waals surface area (Å²) in [6.45, 7) is 2.82. The molecule has 2 rings (SSSR count). The van der Waals surface area contributed by atoms with Crippen molar-refractivity contribution in [2.45, 2.75) is 20.0 Å². The fourth-order valence-electron chi connectivity index (χ4n) is 1.90.